The largest absolute Gasteiger partial charge is 0.505 e. The summed E-state index contributed by atoms with van der Waals surface area (Å²) in [5, 5.41) is 8.24. The first-order valence-electron chi connectivity index (χ1n) is 3.62. The average Bonchev–Trinajstić information content (AvgIpc) is 1.85. The molecule has 0 heterocycles. The second-order valence-electron chi connectivity index (χ2n) is 2.39. The van der Waals surface area contributed by atoms with Gasteiger partial charge in [0.05, 0.1) is 6.61 Å². The van der Waals surface area contributed by atoms with Gasteiger partial charge in [-0.3, -0.25) is 0 Å². The van der Waals surface area contributed by atoms with Crippen LogP contribution in [0.1, 0.15) is 26.2 Å². The summed E-state index contributed by atoms with van der Waals surface area (Å²) in [7, 11) is 0. The van der Waals surface area contributed by atoms with Gasteiger partial charge in [-0.05, 0) is 26.2 Å². The van der Waals surface area contributed by atoms with Gasteiger partial charge < -0.3 is 9.84 Å². The molecule has 1 atom stereocenters. The second-order valence-corrected chi connectivity index (χ2v) is 3.14. The summed E-state index contributed by atoms with van der Waals surface area (Å²) >= 11 is 5.66. The van der Waals surface area contributed by atoms with E-state index in [-0.39, 0.29) is 12.0 Å². The van der Waals surface area contributed by atoms with Crippen molar-refractivity contribution in [1.82, 2.24) is 0 Å². The molecule has 11 heavy (non-hydrogen) atoms. The van der Waals surface area contributed by atoms with Crippen molar-refractivity contribution < 1.29 is 14.6 Å². The standard InChI is InChI=1S/C7H13ClO3/c1-6(8)4-2-3-5-11-7(9)10/h6H,2-5H2,1H3,(H,9,10). The lowest BCUT2D eigenvalue weighted by Gasteiger charge is -2.01. The summed E-state index contributed by atoms with van der Waals surface area (Å²) in [5.41, 5.74) is 0. The zero-order valence-corrected chi connectivity index (χ0v) is 7.30. The first-order chi connectivity index (χ1) is 5.13. The molecule has 0 aliphatic rings. The lowest BCUT2D eigenvalue weighted by atomic mass is 10.2. The molecular weight excluding hydrogens is 168 g/mol. The highest BCUT2D eigenvalue weighted by Crippen LogP contribution is 2.05. The highest BCUT2D eigenvalue weighted by atomic mass is 35.5. The Labute approximate surface area is 71.3 Å². The molecule has 0 fully saturated rings. The van der Waals surface area contributed by atoms with Crippen molar-refractivity contribution in [2.75, 3.05) is 6.61 Å². The fourth-order valence-electron chi connectivity index (χ4n) is 0.687. The molecule has 0 aliphatic heterocycles. The molecule has 4 heteroatoms. The third-order valence-corrected chi connectivity index (χ3v) is 1.44. The molecule has 0 amide bonds. The van der Waals surface area contributed by atoms with Gasteiger partial charge in [0.25, 0.3) is 0 Å². The number of alkyl halides is 1. The Kier molecular flexibility index (Phi) is 6.03. The summed E-state index contributed by atoms with van der Waals surface area (Å²) in [6.45, 7) is 2.19. The van der Waals surface area contributed by atoms with Gasteiger partial charge in [0.1, 0.15) is 0 Å². The number of hydrogen-bond donors (Lipinski definition) is 1. The van der Waals surface area contributed by atoms with Gasteiger partial charge in [-0.1, -0.05) is 0 Å². The number of halogens is 1. The van der Waals surface area contributed by atoms with E-state index < -0.39 is 6.16 Å². The van der Waals surface area contributed by atoms with E-state index in [1.807, 2.05) is 6.92 Å². The van der Waals surface area contributed by atoms with Crippen LogP contribution in [0.5, 0.6) is 0 Å². The summed E-state index contributed by atoms with van der Waals surface area (Å²) in [6, 6.07) is 0. The molecule has 0 spiro atoms. The SMILES string of the molecule is CC(Cl)CCCCOC(=O)O. The predicted octanol–water partition coefficient (Wildman–Crippen LogP) is 2.48. The van der Waals surface area contributed by atoms with Gasteiger partial charge in [-0.25, -0.2) is 4.79 Å². The third-order valence-electron chi connectivity index (χ3n) is 1.22. The molecule has 0 aromatic rings. The van der Waals surface area contributed by atoms with Crippen molar-refractivity contribution in [1.29, 1.82) is 0 Å². The van der Waals surface area contributed by atoms with Crippen LogP contribution in [-0.4, -0.2) is 23.2 Å². The normalized spacial score (nSPS) is 12.5. The molecule has 0 saturated carbocycles. The van der Waals surface area contributed by atoms with Crippen molar-refractivity contribution in [2.24, 2.45) is 0 Å². The van der Waals surface area contributed by atoms with Crippen LogP contribution in [0.15, 0.2) is 0 Å². The topological polar surface area (TPSA) is 46.5 Å². The Bertz CT molecular complexity index is 114. The van der Waals surface area contributed by atoms with Crippen molar-refractivity contribution in [3.63, 3.8) is 0 Å². The van der Waals surface area contributed by atoms with Crippen LogP contribution >= 0.6 is 11.6 Å². The minimum atomic E-state index is -1.20. The maximum Gasteiger partial charge on any atom is 0.505 e. The Balaban J connectivity index is 2.97. The lowest BCUT2D eigenvalue weighted by molar-refractivity contribution is 0.0900. The Morgan fingerprint density at radius 2 is 2.27 bits per heavy atom. The van der Waals surface area contributed by atoms with Crippen molar-refractivity contribution in [2.45, 2.75) is 31.6 Å². The summed E-state index contributed by atoms with van der Waals surface area (Å²) in [5.74, 6) is 0. The first-order valence-corrected chi connectivity index (χ1v) is 4.06. The van der Waals surface area contributed by atoms with Crippen molar-refractivity contribution in [3.8, 4) is 0 Å². The zero-order valence-electron chi connectivity index (χ0n) is 6.55. The monoisotopic (exact) mass is 180 g/mol. The van der Waals surface area contributed by atoms with Crippen LogP contribution in [0.2, 0.25) is 0 Å². The number of unbranched alkanes of at least 4 members (excludes halogenated alkanes) is 1. The third kappa shape index (κ3) is 9.56. The van der Waals surface area contributed by atoms with Crippen LogP contribution < -0.4 is 0 Å². The number of carbonyl (C=O) groups is 1. The Hall–Kier alpha value is -0.440. The van der Waals surface area contributed by atoms with Crippen LogP contribution in [0.4, 0.5) is 4.79 Å². The van der Waals surface area contributed by atoms with Gasteiger partial charge in [0.15, 0.2) is 0 Å². The molecule has 1 N–H and O–H groups in total. The summed E-state index contributed by atoms with van der Waals surface area (Å²) in [4.78, 5) is 9.85. The van der Waals surface area contributed by atoms with Crippen LogP contribution in [0.3, 0.4) is 0 Å². The number of ether oxygens (including phenoxy) is 1. The molecule has 0 aliphatic carbocycles. The highest BCUT2D eigenvalue weighted by molar-refractivity contribution is 6.20. The Morgan fingerprint density at radius 1 is 1.64 bits per heavy atom. The fraction of sp³-hybridized carbons (Fsp3) is 0.857. The highest BCUT2D eigenvalue weighted by Gasteiger charge is 1.98. The van der Waals surface area contributed by atoms with E-state index in [0.717, 1.165) is 19.3 Å². The Morgan fingerprint density at radius 3 is 2.73 bits per heavy atom. The van der Waals surface area contributed by atoms with E-state index >= 15 is 0 Å². The van der Waals surface area contributed by atoms with Gasteiger partial charge in [0.2, 0.25) is 0 Å². The van der Waals surface area contributed by atoms with Gasteiger partial charge in [-0.15, -0.1) is 11.6 Å². The number of carboxylic acid groups (broad SMARTS) is 1. The minimum absolute atomic E-state index is 0.167. The van der Waals surface area contributed by atoms with E-state index in [1.54, 1.807) is 0 Å². The molecule has 0 saturated heterocycles. The quantitative estimate of drug-likeness (QED) is 0.402. The molecule has 0 rings (SSSR count). The van der Waals surface area contributed by atoms with Gasteiger partial charge in [-0.2, -0.15) is 0 Å². The molecule has 0 radical (unpaired) electrons. The van der Waals surface area contributed by atoms with E-state index in [9.17, 15) is 4.79 Å². The van der Waals surface area contributed by atoms with E-state index in [1.165, 1.54) is 0 Å². The predicted molar refractivity (Wildman–Crippen MR) is 43.1 cm³/mol. The minimum Gasteiger partial charge on any atom is -0.450 e. The van der Waals surface area contributed by atoms with Gasteiger partial charge in [0, 0.05) is 5.38 Å². The van der Waals surface area contributed by atoms with Gasteiger partial charge >= 0.3 is 6.16 Å². The average molecular weight is 181 g/mol. The molecule has 0 bridgehead atoms. The van der Waals surface area contributed by atoms with Crippen LogP contribution in [-0.2, 0) is 4.74 Å². The maximum atomic E-state index is 9.85. The van der Waals surface area contributed by atoms with E-state index in [0.29, 0.717) is 0 Å². The van der Waals surface area contributed by atoms with Crippen LogP contribution in [0, 0.1) is 0 Å². The van der Waals surface area contributed by atoms with E-state index in [4.69, 9.17) is 16.7 Å². The first kappa shape index (κ1) is 10.6. The maximum absolute atomic E-state index is 9.85. The molecule has 66 valence electrons. The second kappa shape index (κ2) is 6.28. The number of rotatable bonds is 5. The van der Waals surface area contributed by atoms with E-state index in [2.05, 4.69) is 4.74 Å². The summed E-state index contributed by atoms with van der Waals surface area (Å²) in [6.07, 6.45) is 1.37. The summed E-state index contributed by atoms with van der Waals surface area (Å²) < 4.78 is 4.30. The molecule has 3 nitrogen and oxygen atoms in total. The van der Waals surface area contributed by atoms with Crippen molar-refractivity contribution in [3.05, 3.63) is 0 Å². The van der Waals surface area contributed by atoms with Crippen molar-refractivity contribution >= 4 is 17.8 Å². The number of hydrogen-bond acceptors (Lipinski definition) is 2. The lowest BCUT2D eigenvalue weighted by Crippen LogP contribution is -2.02. The molecule has 1 unspecified atom stereocenters. The fourth-order valence-corrected chi connectivity index (χ4v) is 0.841. The van der Waals surface area contributed by atoms with Crippen LogP contribution in [0.25, 0.3) is 0 Å². The molecular formula is C7H13ClO3. The molecule has 0 aromatic heterocycles. The zero-order chi connectivity index (χ0) is 8.69. The smallest absolute Gasteiger partial charge is 0.450 e. The molecule has 0 aromatic carbocycles.